The van der Waals surface area contributed by atoms with Crippen molar-refractivity contribution in [1.29, 1.82) is 0 Å². The van der Waals surface area contributed by atoms with Crippen LogP contribution >= 0.6 is 0 Å². The molecule has 2 amide bonds. The first-order valence-electron chi connectivity index (χ1n) is 10.2. The van der Waals surface area contributed by atoms with Crippen LogP contribution in [0.5, 0.6) is 0 Å². The molecule has 34 heavy (non-hydrogen) atoms. The Hall–Kier alpha value is -4.02. The van der Waals surface area contributed by atoms with E-state index in [1.165, 1.54) is 31.2 Å². The molecule has 1 atom stereocenters. The van der Waals surface area contributed by atoms with Crippen LogP contribution in [0.15, 0.2) is 83.8 Å². The van der Waals surface area contributed by atoms with Crippen molar-refractivity contribution < 1.29 is 27.5 Å². The zero-order valence-electron chi connectivity index (χ0n) is 18.2. The molecule has 0 aromatic heterocycles. The average Bonchev–Trinajstić information content (AvgIpc) is 2.83. The van der Waals surface area contributed by atoms with Crippen molar-refractivity contribution in [2.45, 2.75) is 17.9 Å². The first kappa shape index (κ1) is 24.6. The van der Waals surface area contributed by atoms with E-state index in [2.05, 4.69) is 10.6 Å². The summed E-state index contributed by atoms with van der Waals surface area (Å²) in [4.78, 5) is 36.5. The summed E-state index contributed by atoms with van der Waals surface area (Å²) in [5.41, 5.74) is 2.65. The van der Waals surface area contributed by atoms with Crippen LogP contribution in [0, 0.1) is 0 Å². The molecular weight excluding hydrogens is 458 g/mol. The van der Waals surface area contributed by atoms with E-state index < -0.39 is 40.5 Å². The van der Waals surface area contributed by atoms with Gasteiger partial charge in [0.25, 0.3) is 11.8 Å². The number of rotatable bonds is 8. The van der Waals surface area contributed by atoms with Gasteiger partial charge in [-0.3, -0.25) is 14.4 Å². The number of carbonyl (C=O) groups excluding carboxylic acids is 3. The Bertz CT molecular complexity index is 1270. The molecule has 3 rings (SSSR count). The Balaban J connectivity index is 1.47. The van der Waals surface area contributed by atoms with Crippen molar-refractivity contribution in [3.8, 4) is 11.1 Å². The fourth-order valence-corrected chi connectivity index (χ4v) is 3.48. The van der Waals surface area contributed by atoms with E-state index in [1.807, 2.05) is 42.5 Å². The molecule has 0 aliphatic carbocycles. The van der Waals surface area contributed by atoms with Gasteiger partial charge in [-0.15, -0.1) is 0 Å². The molecule has 9 nitrogen and oxygen atoms in total. The lowest BCUT2D eigenvalue weighted by atomic mass is 10.0. The lowest BCUT2D eigenvalue weighted by Gasteiger charge is -2.14. The van der Waals surface area contributed by atoms with E-state index in [-0.39, 0.29) is 4.90 Å². The summed E-state index contributed by atoms with van der Waals surface area (Å²) in [7, 11) is -3.85. The number of sulfonamides is 1. The minimum absolute atomic E-state index is 0.101. The third kappa shape index (κ3) is 6.74. The molecule has 0 unspecified atom stereocenters. The van der Waals surface area contributed by atoms with Crippen molar-refractivity contribution in [3.05, 3.63) is 84.4 Å². The van der Waals surface area contributed by atoms with E-state index >= 15 is 0 Å². The lowest BCUT2D eigenvalue weighted by Crippen LogP contribution is -2.35. The standard InChI is InChI=1S/C24H23N3O6S/c1-16(23(29)27-20-11-13-21(14-12-20)34(25,31)32)33-22(28)15-26-24(30)19-9-7-18(8-10-19)17-5-3-2-4-6-17/h2-14,16H,15H2,1H3,(H,26,30)(H,27,29)(H2,25,31,32)/t16-/m1/s1. The zero-order valence-corrected chi connectivity index (χ0v) is 19.0. The summed E-state index contributed by atoms with van der Waals surface area (Å²) >= 11 is 0. The highest BCUT2D eigenvalue weighted by Crippen LogP contribution is 2.19. The smallest absolute Gasteiger partial charge is 0.326 e. The van der Waals surface area contributed by atoms with Gasteiger partial charge < -0.3 is 15.4 Å². The SMILES string of the molecule is C[C@@H](OC(=O)CNC(=O)c1ccc(-c2ccccc2)cc1)C(=O)Nc1ccc(S(N)(=O)=O)cc1. The molecule has 10 heteroatoms. The molecule has 0 fully saturated rings. The number of hydrogen-bond donors (Lipinski definition) is 3. The van der Waals surface area contributed by atoms with Crippen molar-refractivity contribution in [2.24, 2.45) is 5.14 Å². The molecule has 0 aliphatic heterocycles. The first-order valence-corrected chi connectivity index (χ1v) is 11.7. The molecule has 0 saturated heterocycles. The summed E-state index contributed by atoms with van der Waals surface area (Å²) in [5, 5.41) is 9.98. The normalized spacial score (nSPS) is 11.8. The number of ether oxygens (including phenoxy) is 1. The monoisotopic (exact) mass is 481 g/mol. The van der Waals surface area contributed by atoms with E-state index in [0.717, 1.165) is 11.1 Å². The second kappa shape index (κ2) is 10.7. The number of amides is 2. The Morgan fingerprint density at radius 3 is 2.06 bits per heavy atom. The number of primary sulfonamides is 1. The molecule has 0 spiro atoms. The molecular formula is C24H23N3O6S. The molecule has 0 radical (unpaired) electrons. The fraction of sp³-hybridized carbons (Fsp3) is 0.125. The second-order valence-corrected chi connectivity index (χ2v) is 8.88. The third-order valence-electron chi connectivity index (χ3n) is 4.78. The Kier molecular flexibility index (Phi) is 7.77. The molecule has 3 aromatic carbocycles. The van der Waals surface area contributed by atoms with Gasteiger partial charge in [-0.1, -0.05) is 42.5 Å². The van der Waals surface area contributed by atoms with Crippen LogP contribution in [0.2, 0.25) is 0 Å². The van der Waals surface area contributed by atoms with Crippen molar-refractivity contribution in [3.63, 3.8) is 0 Å². The molecule has 0 saturated carbocycles. The van der Waals surface area contributed by atoms with Crippen molar-refractivity contribution >= 4 is 33.5 Å². The summed E-state index contributed by atoms with van der Waals surface area (Å²) < 4.78 is 27.6. The maximum atomic E-state index is 12.3. The minimum Gasteiger partial charge on any atom is -0.451 e. The second-order valence-electron chi connectivity index (χ2n) is 7.32. The number of benzene rings is 3. The number of hydrogen-bond acceptors (Lipinski definition) is 6. The quantitative estimate of drug-likeness (QED) is 0.421. The average molecular weight is 482 g/mol. The van der Waals surface area contributed by atoms with Gasteiger partial charge in [-0.05, 0) is 54.4 Å². The summed E-state index contributed by atoms with van der Waals surface area (Å²) in [6.45, 7) is 0.954. The van der Waals surface area contributed by atoms with Gasteiger partial charge in [-0.2, -0.15) is 0 Å². The van der Waals surface area contributed by atoms with Crippen LogP contribution in [0.1, 0.15) is 17.3 Å². The summed E-state index contributed by atoms with van der Waals surface area (Å²) in [6, 6.07) is 21.8. The third-order valence-corrected chi connectivity index (χ3v) is 5.70. The summed E-state index contributed by atoms with van der Waals surface area (Å²) in [5.74, 6) is -1.87. The minimum atomic E-state index is -3.85. The zero-order chi connectivity index (χ0) is 24.7. The fourth-order valence-electron chi connectivity index (χ4n) is 2.96. The Labute approximate surface area is 197 Å². The Morgan fingerprint density at radius 2 is 1.47 bits per heavy atom. The number of nitrogens with two attached hydrogens (primary N) is 1. The number of carbonyl (C=O) groups is 3. The summed E-state index contributed by atoms with van der Waals surface area (Å²) in [6.07, 6.45) is -1.15. The predicted molar refractivity (Wildman–Crippen MR) is 126 cm³/mol. The van der Waals surface area contributed by atoms with Gasteiger partial charge in [0, 0.05) is 11.3 Å². The van der Waals surface area contributed by atoms with E-state index in [4.69, 9.17) is 9.88 Å². The van der Waals surface area contributed by atoms with Crippen LogP contribution in [0.3, 0.4) is 0 Å². The van der Waals surface area contributed by atoms with Crippen LogP contribution in [-0.2, 0) is 24.3 Å². The van der Waals surface area contributed by atoms with Crippen molar-refractivity contribution in [2.75, 3.05) is 11.9 Å². The maximum Gasteiger partial charge on any atom is 0.326 e. The first-order chi connectivity index (χ1) is 16.1. The highest BCUT2D eigenvalue weighted by molar-refractivity contribution is 7.89. The molecule has 176 valence electrons. The molecule has 0 bridgehead atoms. The molecule has 0 heterocycles. The van der Waals surface area contributed by atoms with E-state index in [9.17, 15) is 22.8 Å². The van der Waals surface area contributed by atoms with Crippen LogP contribution in [-0.4, -0.2) is 38.9 Å². The predicted octanol–water partition coefficient (Wildman–Crippen LogP) is 2.30. The highest BCUT2D eigenvalue weighted by Gasteiger charge is 2.19. The van der Waals surface area contributed by atoms with Crippen LogP contribution in [0.25, 0.3) is 11.1 Å². The molecule has 4 N–H and O–H groups in total. The Morgan fingerprint density at radius 1 is 0.882 bits per heavy atom. The lowest BCUT2D eigenvalue weighted by molar-refractivity contribution is -0.152. The molecule has 3 aromatic rings. The van der Waals surface area contributed by atoms with Gasteiger partial charge in [0.1, 0.15) is 6.54 Å². The van der Waals surface area contributed by atoms with Gasteiger partial charge in [0.05, 0.1) is 4.90 Å². The van der Waals surface area contributed by atoms with Gasteiger partial charge >= 0.3 is 5.97 Å². The van der Waals surface area contributed by atoms with E-state index in [0.29, 0.717) is 11.3 Å². The highest BCUT2D eigenvalue weighted by atomic mass is 32.2. The van der Waals surface area contributed by atoms with Crippen LogP contribution < -0.4 is 15.8 Å². The van der Waals surface area contributed by atoms with Gasteiger partial charge in [0.15, 0.2) is 6.10 Å². The van der Waals surface area contributed by atoms with Crippen molar-refractivity contribution in [1.82, 2.24) is 5.32 Å². The number of anilines is 1. The van der Waals surface area contributed by atoms with E-state index in [1.54, 1.807) is 12.1 Å². The number of esters is 1. The maximum absolute atomic E-state index is 12.3. The van der Waals surface area contributed by atoms with Crippen LogP contribution in [0.4, 0.5) is 5.69 Å². The van der Waals surface area contributed by atoms with Gasteiger partial charge in [0.2, 0.25) is 10.0 Å². The van der Waals surface area contributed by atoms with Gasteiger partial charge in [-0.25, -0.2) is 13.6 Å². The largest absolute Gasteiger partial charge is 0.451 e. The number of nitrogens with one attached hydrogen (secondary N) is 2. The molecule has 0 aliphatic rings. The topological polar surface area (TPSA) is 145 Å².